The molecule has 1 unspecified atom stereocenters. The molecule has 23 heavy (non-hydrogen) atoms. The SMILES string of the molecule is CCCOc1ccc(CCC(=O)N2CCC(C)(CN)C2)cc1.Cl. The van der Waals surface area contributed by atoms with Gasteiger partial charge in [0.05, 0.1) is 6.61 Å². The van der Waals surface area contributed by atoms with Gasteiger partial charge < -0.3 is 15.4 Å². The van der Waals surface area contributed by atoms with Crippen LogP contribution in [0.5, 0.6) is 5.75 Å². The number of hydrogen-bond acceptors (Lipinski definition) is 3. The first kappa shape index (κ1) is 19.8. The van der Waals surface area contributed by atoms with Crippen LogP contribution in [-0.2, 0) is 11.2 Å². The third-order valence-corrected chi connectivity index (χ3v) is 4.43. The summed E-state index contributed by atoms with van der Waals surface area (Å²) >= 11 is 0. The number of halogens is 1. The van der Waals surface area contributed by atoms with Crippen molar-refractivity contribution < 1.29 is 9.53 Å². The number of carbonyl (C=O) groups is 1. The fourth-order valence-electron chi connectivity index (χ4n) is 2.78. The predicted octanol–water partition coefficient (Wildman–Crippen LogP) is 3.03. The van der Waals surface area contributed by atoms with Crippen molar-refractivity contribution in [3.05, 3.63) is 29.8 Å². The summed E-state index contributed by atoms with van der Waals surface area (Å²) in [5, 5.41) is 0. The number of aryl methyl sites for hydroxylation is 1. The first-order valence-electron chi connectivity index (χ1n) is 8.26. The Morgan fingerprint density at radius 1 is 1.35 bits per heavy atom. The normalized spacial score (nSPS) is 20.2. The van der Waals surface area contributed by atoms with Crippen molar-refractivity contribution in [1.29, 1.82) is 0 Å². The van der Waals surface area contributed by atoms with Crippen molar-refractivity contribution in [1.82, 2.24) is 4.90 Å². The van der Waals surface area contributed by atoms with E-state index in [2.05, 4.69) is 13.8 Å². The first-order chi connectivity index (χ1) is 10.6. The summed E-state index contributed by atoms with van der Waals surface area (Å²) in [6.45, 7) is 7.29. The number of rotatable bonds is 7. The molecular weight excluding hydrogens is 312 g/mol. The van der Waals surface area contributed by atoms with E-state index < -0.39 is 0 Å². The topological polar surface area (TPSA) is 55.6 Å². The van der Waals surface area contributed by atoms with E-state index in [0.29, 0.717) is 13.0 Å². The molecule has 1 amide bonds. The van der Waals surface area contributed by atoms with Gasteiger partial charge in [-0.2, -0.15) is 0 Å². The van der Waals surface area contributed by atoms with Gasteiger partial charge in [-0.05, 0) is 48.9 Å². The van der Waals surface area contributed by atoms with Crippen LogP contribution in [0, 0.1) is 5.41 Å². The van der Waals surface area contributed by atoms with Gasteiger partial charge in [0.25, 0.3) is 0 Å². The molecule has 5 heteroatoms. The van der Waals surface area contributed by atoms with E-state index in [1.54, 1.807) is 0 Å². The number of benzene rings is 1. The minimum Gasteiger partial charge on any atom is -0.494 e. The molecule has 1 fully saturated rings. The summed E-state index contributed by atoms with van der Waals surface area (Å²) in [5.41, 5.74) is 7.08. The molecule has 0 bridgehead atoms. The lowest BCUT2D eigenvalue weighted by Gasteiger charge is -2.22. The first-order valence-corrected chi connectivity index (χ1v) is 8.26. The van der Waals surface area contributed by atoms with E-state index in [4.69, 9.17) is 10.5 Å². The van der Waals surface area contributed by atoms with Gasteiger partial charge in [-0.3, -0.25) is 4.79 Å². The Balaban J connectivity index is 0.00000264. The molecule has 1 aromatic rings. The molecule has 1 aliphatic heterocycles. The summed E-state index contributed by atoms with van der Waals surface area (Å²) in [7, 11) is 0. The Kier molecular flexibility index (Phi) is 7.86. The molecular formula is C18H29ClN2O2. The smallest absolute Gasteiger partial charge is 0.222 e. The number of nitrogens with two attached hydrogens (primary N) is 1. The van der Waals surface area contributed by atoms with Crippen molar-refractivity contribution in [2.24, 2.45) is 11.1 Å². The Morgan fingerprint density at radius 3 is 2.61 bits per heavy atom. The lowest BCUT2D eigenvalue weighted by Crippen LogP contribution is -2.34. The highest BCUT2D eigenvalue weighted by Gasteiger charge is 2.34. The molecule has 0 radical (unpaired) electrons. The van der Waals surface area contributed by atoms with E-state index in [1.807, 2.05) is 29.2 Å². The minimum absolute atomic E-state index is 0. The summed E-state index contributed by atoms with van der Waals surface area (Å²) in [6.07, 6.45) is 3.37. The molecule has 0 saturated carbocycles. The average Bonchev–Trinajstić information content (AvgIpc) is 2.95. The molecule has 1 aliphatic rings. The number of likely N-dealkylation sites (tertiary alicyclic amines) is 1. The van der Waals surface area contributed by atoms with Crippen molar-refractivity contribution in [2.75, 3.05) is 26.2 Å². The van der Waals surface area contributed by atoms with E-state index in [-0.39, 0.29) is 23.7 Å². The zero-order valence-corrected chi connectivity index (χ0v) is 15.0. The lowest BCUT2D eigenvalue weighted by molar-refractivity contribution is -0.130. The van der Waals surface area contributed by atoms with E-state index in [9.17, 15) is 4.79 Å². The third kappa shape index (κ3) is 5.70. The largest absolute Gasteiger partial charge is 0.494 e. The molecule has 1 saturated heterocycles. The van der Waals surface area contributed by atoms with Gasteiger partial charge in [0.2, 0.25) is 5.91 Å². The highest BCUT2D eigenvalue weighted by Crippen LogP contribution is 2.29. The van der Waals surface area contributed by atoms with Crippen molar-refractivity contribution >= 4 is 18.3 Å². The molecule has 0 spiro atoms. The summed E-state index contributed by atoms with van der Waals surface area (Å²) < 4.78 is 5.57. The van der Waals surface area contributed by atoms with Gasteiger partial charge in [-0.15, -0.1) is 12.4 Å². The van der Waals surface area contributed by atoms with Crippen LogP contribution in [0.4, 0.5) is 0 Å². The monoisotopic (exact) mass is 340 g/mol. The molecule has 1 atom stereocenters. The van der Waals surface area contributed by atoms with E-state index in [0.717, 1.165) is 44.7 Å². The predicted molar refractivity (Wildman–Crippen MR) is 96.2 cm³/mol. The number of ether oxygens (including phenoxy) is 1. The Morgan fingerprint density at radius 2 is 2.04 bits per heavy atom. The van der Waals surface area contributed by atoms with Crippen LogP contribution in [0.15, 0.2) is 24.3 Å². The van der Waals surface area contributed by atoms with Crippen molar-refractivity contribution in [3.63, 3.8) is 0 Å². The second kappa shape index (κ2) is 9.14. The molecule has 1 aromatic carbocycles. The van der Waals surface area contributed by atoms with Gasteiger partial charge in [-0.1, -0.05) is 26.0 Å². The maximum Gasteiger partial charge on any atom is 0.222 e. The van der Waals surface area contributed by atoms with Crippen LogP contribution in [0.2, 0.25) is 0 Å². The summed E-state index contributed by atoms with van der Waals surface area (Å²) in [6, 6.07) is 8.06. The minimum atomic E-state index is 0. The fourth-order valence-corrected chi connectivity index (χ4v) is 2.78. The van der Waals surface area contributed by atoms with E-state index in [1.165, 1.54) is 5.56 Å². The fraction of sp³-hybridized carbons (Fsp3) is 0.611. The Bertz CT molecular complexity index is 492. The molecule has 130 valence electrons. The molecule has 1 heterocycles. The highest BCUT2D eigenvalue weighted by atomic mass is 35.5. The Hall–Kier alpha value is -1.26. The Labute approximate surface area is 145 Å². The third-order valence-electron chi connectivity index (χ3n) is 4.43. The summed E-state index contributed by atoms with van der Waals surface area (Å²) in [4.78, 5) is 14.3. The molecule has 4 nitrogen and oxygen atoms in total. The van der Waals surface area contributed by atoms with Crippen LogP contribution in [0.25, 0.3) is 0 Å². The molecule has 2 rings (SSSR count). The van der Waals surface area contributed by atoms with Gasteiger partial charge >= 0.3 is 0 Å². The highest BCUT2D eigenvalue weighted by molar-refractivity contribution is 5.85. The van der Waals surface area contributed by atoms with Crippen LogP contribution in [0.3, 0.4) is 0 Å². The quantitative estimate of drug-likeness (QED) is 0.830. The summed E-state index contributed by atoms with van der Waals surface area (Å²) in [5.74, 6) is 1.14. The number of amides is 1. The zero-order valence-electron chi connectivity index (χ0n) is 14.2. The number of carbonyl (C=O) groups excluding carboxylic acids is 1. The average molecular weight is 341 g/mol. The van der Waals surface area contributed by atoms with Crippen LogP contribution in [0.1, 0.15) is 38.7 Å². The van der Waals surface area contributed by atoms with Crippen molar-refractivity contribution in [3.8, 4) is 5.75 Å². The second-order valence-electron chi connectivity index (χ2n) is 6.57. The van der Waals surface area contributed by atoms with Crippen LogP contribution >= 0.6 is 12.4 Å². The standard InChI is InChI=1S/C18H28N2O2.ClH/c1-3-12-22-16-7-4-15(5-8-16)6-9-17(21)20-11-10-18(2,13-19)14-20;/h4-5,7-8H,3,6,9-14,19H2,1-2H3;1H. The van der Waals surface area contributed by atoms with Gasteiger partial charge in [0.15, 0.2) is 0 Å². The maximum atomic E-state index is 12.3. The zero-order chi connectivity index (χ0) is 16.0. The number of hydrogen-bond donors (Lipinski definition) is 1. The van der Waals surface area contributed by atoms with E-state index >= 15 is 0 Å². The molecule has 0 aliphatic carbocycles. The number of nitrogens with zero attached hydrogens (tertiary/aromatic N) is 1. The lowest BCUT2D eigenvalue weighted by atomic mass is 9.90. The van der Waals surface area contributed by atoms with Gasteiger partial charge in [0, 0.05) is 19.5 Å². The second-order valence-corrected chi connectivity index (χ2v) is 6.57. The van der Waals surface area contributed by atoms with Gasteiger partial charge in [0.1, 0.15) is 5.75 Å². The molecule has 0 aromatic heterocycles. The van der Waals surface area contributed by atoms with Gasteiger partial charge in [-0.25, -0.2) is 0 Å². The van der Waals surface area contributed by atoms with Crippen LogP contribution < -0.4 is 10.5 Å². The van der Waals surface area contributed by atoms with Crippen molar-refractivity contribution in [2.45, 2.75) is 39.5 Å². The van der Waals surface area contributed by atoms with Crippen LogP contribution in [-0.4, -0.2) is 37.0 Å². The maximum absolute atomic E-state index is 12.3. The molecule has 2 N–H and O–H groups in total.